The molecule has 3 aromatic carbocycles. The molecule has 0 amide bonds. The molecule has 1 N–H and O–H groups in total. The highest BCUT2D eigenvalue weighted by Gasteiger charge is 2.09. The first-order valence-corrected chi connectivity index (χ1v) is 10.2. The van der Waals surface area contributed by atoms with E-state index >= 15 is 0 Å². The summed E-state index contributed by atoms with van der Waals surface area (Å²) in [5.41, 5.74) is 3.71. The number of ether oxygens (including phenoxy) is 3. The Balaban J connectivity index is 1.58. The van der Waals surface area contributed by atoms with Gasteiger partial charge in [0.1, 0.15) is 12.4 Å². The summed E-state index contributed by atoms with van der Waals surface area (Å²) in [6, 6.07) is 24.7. The van der Waals surface area contributed by atoms with Crippen molar-refractivity contribution >= 4 is 11.6 Å². The maximum atomic E-state index is 9.49. The highest BCUT2D eigenvalue weighted by molar-refractivity contribution is 5.66. The number of rotatable bonds is 8. The van der Waals surface area contributed by atoms with Crippen molar-refractivity contribution in [2.45, 2.75) is 6.61 Å². The fourth-order valence-corrected chi connectivity index (χ4v) is 3.26. The third kappa shape index (κ3) is 5.38. The van der Waals surface area contributed by atoms with Crippen molar-refractivity contribution in [3.63, 3.8) is 0 Å². The predicted octanol–water partition coefficient (Wildman–Crippen LogP) is 5.36. The first-order chi connectivity index (χ1) is 16.2. The van der Waals surface area contributed by atoms with Gasteiger partial charge in [0, 0.05) is 23.5 Å². The molecule has 0 aliphatic rings. The first kappa shape index (κ1) is 21.7. The second kappa shape index (κ2) is 10.2. The Morgan fingerprint density at radius 1 is 0.909 bits per heavy atom. The van der Waals surface area contributed by atoms with Crippen molar-refractivity contribution < 1.29 is 14.2 Å². The topological polar surface area (TPSA) is 89.3 Å². The quantitative estimate of drug-likeness (QED) is 0.396. The summed E-state index contributed by atoms with van der Waals surface area (Å²) < 4.78 is 16.6. The van der Waals surface area contributed by atoms with Crippen LogP contribution in [-0.2, 0) is 6.61 Å². The van der Waals surface area contributed by atoms with Crippen LogP contribution in [0, 0.1) is 11.3 Å². The van der Waals surface area contributed by atoms with Crippen LogP contribution in [-0.4, -0.2) is 24.2 Å². The molecule has 7 heteroatoms. The summed E-state index contributed by atoms with van der Waals surface area (Å²) in [5, 5.41) is 12.7. The number of aromatic nitrogens is 2. The van der Waals surface area contributed by atoms with E-state index < -0.39 is 0 Å². The zero-order valence-corrected chi connectivity index (χ0v) is 18.3. The normalized spacial score (nSPS) is 10.2. The van der Waals surface area contributed by atoms with E-state index in [-0.39, 0.29) is 0 Å². The number of nitrogens with one attached hydrogen (secondary N) is 1. The Kier molecular flexibility index (Phi) is 6.67. The van der Waals surface area contributed by atoms with Gasteiger partial charge in [-0.05, 0) is 42.0 Å². The molecule has 4 rings (SSSR count). The SMILES string of the molecule is COc1ccc(Nc2nccc(-c3cc(C#N)cc(OCc4ccccc4)c3)n2)cc1OC. The molecule has 4 aromatic rings. The molecule has 0 fully saturated rings. The Hall–Kier alpha value is -4.57. The largest absolute Gasteiger partial charge is 0.493 e. The molecule has 1 heterocycles. The van der Waals surface area contributed by atoms with Crippen LogP contribution in [0.5, 0.6) is 17.2 Å². The fraction of sp³-hybridized carbons (Fsp3) is 0.115. The summed E-state index contributed by atoms with van der Waals surface area (Å²) >= 11 is 0. The number of nitriles is 1. The Bertz CT molecular complexity index is 1290. The van der Waals surface area contributed by atoms with E-state index in [1.165, 1.54) is 0 Å². The number of methoxy groups -OCH3 is 2. The Labute approximate surface area is 192 Å². The lowest BCUT2D eigenvalue weighted by molar-refractivity contribution is 0.306. The third-order valence-corrected chi connectivity index (χ3v) is 4.87. The summed E-state index contributed by atoms with van der Waals surface area (Å²) in [6.07, 6.45) is 1.66. The molecule has 33 heavy (non-hydrogen) atoms. The van der Waals surface area contributed by atoms with E-state index in [2.05, 4.69) is 21.4 Å². The number of benzene rings is 3. The molecule has 0 unspecified atom stereocenters. The molecule has 0 bridgehead atoms. The van der Waals surface area contributed by atoms with Crippen LogP contribution in [0.25, 0.3) is 11.3 Å². The van der Waals surface area contributed by atoms with Crippen molar-refractivity contribution in [3.05, 3.63) is 90.1 Å². The lowest BCUT2D eigenvalue weighted by atomic mass is 10.1. The molecule has 0 saturated heterocycles. The highest BCUT2D eigenvalue weighted by atomic mass is 16.5. The van der Waals surface area contributed by atoms with Gasteiger partial charge < -0.3 is 19.5 Å². The molecular formula is C26H22N4O3. The van der Waals surface area contributed by atoms with Gasteiger partial charge in [-0.15, -0.1) is 0 Å². The average Bonchev–Trinajstić information content (AvgIpc) is 2.88. The maximum absolute atomic E-state index is 9.49. The van der Waals surface area contributed by atoms with E-state index in [1.807, 2.05) is 42.5 Å². The highest BCUT2D eigenvalue weighted by Crippen LogP contribution is 2.31. The van der Waals surface area contributed by atoms with Crippen LogP contribution in [0.4, 0.5) is 11.6 Å². The van der Waals surface area contributed by atoms with Crippen molar-refractivity contribution in [2.24, 2.45) is 0 Å². The maximum Gasteiger partial charge on any atom is 0.227 e. The van der Waals surface area contributed by atoms with Gasteiger partial charge in [0.15, 0.2) is 11.5 Å². The summed E-state index contributed by atoms with van der Waals surface area (Å²) in [7, 11) is 3.17. The minimum Gasteiger partial charge on any atom is -0.493 e. The minimum atomic E-state index is 0.408. The zero-order chi connectivity index (χ0) is 23.0. The third-order valence-electron chi connectivity index (χ3n) is 4.87. The second-order valence-corrected chi connectivity index (χ2v) is 7.09. The smallest absolute Gasteiger partial charge is 0.227 e. The molecule has 0 aliphatic carbocycles. The molecule has 0 radical (unpaired) electrons. The standard InChI is InChI=1S/C26H22N4O3/c1-31-24-9-8-21(15-25(24)32-2)29-26-28-11-10-23(30-26)20-12-19(16-27)13-22(14-20)33-17-18-6-4-3-5-7-18/h3-15H,17H2,1-2H3,(H,28,29,30). The number of anilines is 2. The van der Waals surface area contributed by atoms with Crippen LogP contribution < -0.4 is 19.5 Å². The monoisotopic (exact) mass is 438 g/mol. The molecule has 0 aliphatic heterocycles. The van der Waals surface area contributed by atoms with Crippen LogP contribution in [0.3, 0.4) is 0 Å². The van der Waals surface area contributed by atoms with Crippen LogP contribution >= 0.6 is 0 Å². The summed E-state index contributed by atoms with van der Waals surface area (Å²) in [6.45, 7) is 0.408. The van der Waals surface area contributed by atoms with E-state index in [9.17, 15) is 5.26 Å². The van der Waals surface area contributed by atoms with Crippen molar-refractivity contribution in [1.29, 1.82) is 5.26 Å². The fourth-order valence-electron chi connectivity index (χ4n) is 3.26. The van der Waals surface area contributed by atoms with E-state index in [1.54, 1.807) is 50.7 Å². The predicted molar refractivity (Wildman–Crippen MR) is 126 cm³/mol. The van der Waals surface area contributed by atoms with Gasteiger partial charge in [0.25, 0.3) is 0 Å². The van der Waals surface area contributed by atoms with Crippen molar-refractivity contribution in [2.75, 3.05) is 19.5 Å². The van der Waals surface area contributed by atoms with Gasteiger partial charge in [-0.3, -0.25) is 0 Å². The van der Waals surface area contributed by atoms with Crippen LogP contribution in [0.1, 0.15) is 11.1 Å². The van der Waals surface area contributed by atoms with Crippen LogP contribution in [0.15, 0.2) is 79.0 Å². The first-order valence-electron chi connectivity index (χ1n) is 10.2. The van der Waals surface area contributed by atoms with Gasteiger partial charge in [0.2, 0.25) is 5.95 Å². The van der Waals surface area contributed by atoms with Crippen LogP contribution in [0.2, 0.25) is 0 Å². The van der Waals surface area contributed by atoms with E-state index in [0.29, 0.717) is 41.1 Å². The van der Waals surface area contributed by atoms with Gasteiger partial charge in [-0.1, -0.05) is 30.3 Å². The Morgan fingerprint density at radius 2 is 1.73 bits per heavy atom. The van der Waals surface area contributed by atoms with E-state index in [0.717, 1.165) is 16.8 Å². The molecule has 7 nitrogen and oxygen atoms in total. The van der Waals surface area contributed by atoms with Gasteiger partial charge in [-0.25, -0.2) is 9.97 Å². The second-order valence-electron chi connectivity index (χ2n) is 7.09. The average molecular weight is 438 g/mol. The Morgan fingerprint density at radius 3 is 2.48 bits per heavy atom. The molecule has 0 atom stereocenters. The molecular weight excluding hydrogens is 416 g/mol. The zero-order valence-electron chi connectivity index (χ0n) is 18.3. The summed E-state index contributed by atoms with van der Waals surface area (Å²) in [5.74, 6) is 2.24. The van der Waals surface area contributed by atoms with Gasteiger partial charge in [-0.2, -0.15) is 5.26 Å². The molecule has 0 spiro atoms. The van der Waals surface area contributed by atoms with Gasteiger partial charge >= 0.3 is 0 Å². The van der Waals surface area contributed by atoms with E-state index in [4.69, 9.17) is 14.2 Å². The van der Waals surface area contributed by atoms with Crippen molar-refractivity contribution in [3.8, 4) is 34.6 Å². The molecule has 164 valence electrons. The number of hydrogen-bond donors (Lipinski definition) is 1. The number of nitrogens with zero attached hydrogens (tertiary/aromatic N) is 3. The molecule has 0 saturated carbocycles. The lowest BCUT2D eigenvalue weighted by Gasteiger charge is -2.12. The minimum absolute atomic E-state index is 0.408. The number of hydrogen-bond acceptors (Lipinski definition) is 7. The van der Waals surface area contributed by atoms with Gasteiger partial charge in [0.05, 0.1) is 31.5 Å². The molecule has 1 aromatic heterocycles. The summed E-state index contributed by atoms with van der Waals surface area (Å²) in [4.78, 5) is 8.92. The van der Waals surface area contributed by atoms with Crippen molar-refractivity contribution in [1.82, 2.24) is 9.97 Å². The lowest BCUT2D eigenvalue weighted by Crippen LogP contribution is -2.00.